The molecule has 0 aromatic heterocycles. The largest absolute Gasteiger partial charge is 0.297 e. The Labute approximate surface area is 58.4 Å². The van der Waals surface area contributed by atoms with Gasteiger partial charge in [-0.1, -0.05) is 0 Å². The van der Waals surface area contributed by atoms with Crippen molar-refractivity contribution < 1.29 is 0 Å². The number of hydrogen-bond acceptors (Lipinski definition) is 2. The Morgan fingerprint density at radius 3 is 2.00 bits per heavy atom. The highest BCUT2D eigenvalue weighted by molar-refractivity contribution is 14.1. The van der Waals surface area contributed by atoms with Crippen LogP contribution < -0.4 is 5.32 Å². The van der Waals surface area contributed by atoms with Crippen LogP contribution in [-0.4, -0.2) is 30.2 Å². The van der Waals surface area contributed by atoms with Gasteiger partial charge in [-0.2, -0.15) is 0 Å². The van der Waals surface area contributed by atoms with E-state index in [1.54, 1.807) is 0 Å². The molecule has 0 bridgehead atoms. The van der Waals surface area contributed by atoms with Crippen LogP contribution in [-0.2, 0) is 0 Å². The second-order valence-corrected chi connectivity index (χ2v) is 2.77. The van der Waals surface area contributed by atoms with E-state index in [1.165, 1.54) is 0 Å². The number of nitrogens with one attached hydrogen (secondary N) is 1. The molecule has 0 fully saturated rings. The Bertz CT molecular complexity index is 47.0. The standard InChI is InChI=1S/C4H11IN2/c1-6-4(5)7(2)3/h4,6H,1-3H3. The molecule has 44 valence electrons. The van der Waals surface area contributed by atoms with Gasteiger partial charge in [0.05, 0.1) is 0 Å². The number of halogens is 1. The number of hydrogen-bond donors (Lipinski definition) is 1. The Morgan fingerprint density at radius 2 is 2.00 bits per heavy atom. The Balaban J connectivity index is 3.14. The molecule has 0 saturated heterocycles. The first-order valence-electron chi connectivity index (χ1n) is 2.16. The second kappa shape index (κ2) is 3.63. The van der Waals surface area contributed by atoms with E-state index < -0.39 is 0 Å². The predicted octanol–water partition coefficient (Wildman–Crippen LogP) is 0.486. The molecule has 0 saturated carbocycles. The zero-order valence-electron chi connectivity index (χ0n) is 4.90. The molecular weight excluding hydrogens is 203 g/mol. The van der Waals surface area contributed by atoms with E-state index in [-0.39, 0.29) is 0 Å². The van der Waals surface area contributed by atoms with E-state index in [9.17, 15) is 0 Å². The number of alkyl halides is 1. The molecule has 0 aromatic rings. The summed E-state index contributed by atoms with van der Waals surface area (Å²) in [5.74, 6) is 0. The van der Waals surface area contributed by atoms with E-state index >= 15 is 0 Å². The highest BCUT2D eigenvalue weighted by atomic mass is 127. The van der Waals surface area contributed by atoms with Crippen LogP contribution in [0.3, 0.4) is 0 Å². The summed E-state index contributed by atoms with van der Waals surface area (Å²) < 4.78 is 0.456. The van der Waals surface area contributed by atoms with Crippen molar-refractivity contribution in [3.05, 3.63) is 0 Å². The van der Waals surface area contributed by atoms with Crippen LogP contribution in [0.15, 0.2) is 0 Å². The highest BCUT2D eigenvalue weighted by Gasteiger charge is 1.98. The molecule has 1 N–H and O–H groups in total. The molecule has 0 spiro atoms. The Kier molecular flexibility index (Phi) is 3.96. The SMILES string of the molecule is CNC(I)N(C)C. The van der Waals surface area contributed by atoms with E-state index in [4.69, 9.17) is 0 Å². The third kappa shape index (κ3) is 3.25. The van der Waals surface area contributed by atoms with Crippen LogP contribution in [0.25, 0.3) is 0 Å². The fraction of sp³-hybridized carbons (Fsp3) is 1.00. The van der Waals surface area contributed by atoms with Gasteiger partial charge in [-0.05, 0) is 43.7 Å². The monoisotopic (exact) mass is 214 g/mol. The van der Waals surface area contributed by atoms with Crippen LogP contribution in [0.1, 0.15) is 0 Å². The molecule has 0 amide bonds. The molecule has 7 heavy (non-hydrogen) atoms. The molecule has 0 heterocycles. The minimum Gasteiger partial charge on any atom is -0.297 e. The minimum atomic E-state index is 0.456. The summed E-state index contributed by atoms with van der Waals surface area (Å²) >= 11 is 2.31. The van der Waals surface area contributed by atoms with E-state index in [2.05, 4.69) is 32.8 Å². The minimum absolute atomic E-state index is 0.456. The lowest BCUT2D eigenvalue weighted by atomic mass is 10.9. The van der Waals surface area contributed by atoms with Gasteiger partial charge in [0.1, 0.15) is 4.17 Å². The maximum Gasteiger partial charge on any atom is 0.113 e. The molecule has 0 aliphatic carbocycles. The van der Waals surface area contributed by atoms with E-state index in [1.807, 2.05) is 21.1 Å². The fourth-order valence-corrected chi connectivity index (χ4v) is 0.258. The molecule has 0 rings (SSSR count). The predicted molar refractivity (Wildman–Crippen MR) is 40.6 cm³/mol. The van der Waals surface area contributed by atoms with Crippen molar-refractivity contribution in [1.82, 2.24) is 10.2 Å². The molecule has 1 atom stereocenters. The van der Waals surface area contributed by atoms with Gasteiger partial charge in [0.15, 0.2) is 0 Å². The molecule has 0 aliphatic heterocycles. The van der Waals surface area contributed by atoms with Crippen LogP contribution in [0.5, 0.6) is 0 Å². The summed E-state index contributed by atoms with van der Waals surface area (Å²) in [6.07, 6.45) is 0. The third-order valence-corrected chi connectivity index (χ3v) is 2.43. The first kappa shape index (κ1) is 7.65. The number of rotatable bonds is 2. The van der Waals surface area contributed by atoms with Crippen molar-refractivity contribution in [2.45, 2.75) is 4.17 Å². The van der Waals surface area contributed by atoms with Gasteiger partial charge in [0.25, 0.3) is 0 Å². The quantitative estimate of drug-likeness (QED) is 0.311. The molecule has 1 unspecified atom stereocenters. The average Bonchev–Trinajstić information content (AvgIpc) is 1.65. The van der Waals surface area contributed by atoms with Crippen molar-refractivity contribution in [1.29, 1.82) is 0 Å². The van der Waals surface area contributed by atoms with Crippen LogP contribution in [0.4, 0.5) is 0 Å². The van der Waals surface area contributed by atoms with Gasteiger partial charge >= 0.3 is 0 Å². The third-order valence-electron chi connectivity index (χ3n) is 0.692. The van der Waals surface area contributed by atoms with Gasteiger partial charge in [0, 0.05) is 0 Å². The van der Waals surface area contributed by atoms with Gasteiger partial charge in [-0.25, -0.2) is 0 Å². The lowest BCUT2D eigenvalue weighted by Crippen LogP contribution is -2.33. The second-order valence-electron chi connectivity index (χ2n) is 1.59. The normalized spacial score (nSPS) is 15.0. The molecular formula is C4H11IN2. The molecule has 0 radical (unpaired) electrons. The van der Waals surface area contributed by atoms with Crippen molar-refractivity contribution in [3.8, 4) is 0 Å². The van der Waals surface area contributed by atoms with E-state index in [0.717, 1.165) is 0 Å². The summed E-state index contributed by atoms with van der Waals surface area (Å²) in [6.45, 7) is 0. The van der Waals surface area contributed by atoms with Crippen LogP contribution in [0, 0.1) is 0 Å². The van der Waals surface area contributed by atoms with Crippen molar-refractivity contribution in [2.24, 2.45) is 0 Å². The first-order valence-corrected chi connectivity index (χ1v) is 3.41. The van der Waals surface area contributed by atoms with Crippen molar-refractivity contribution in [2.75, 3.05) is 21.1 Å². The molecule has 3 heteroatoms. The van der Waals surface area contributed by atoms with Gasteiger partial charge in [-0.15, -0.1) is 0 Å². The smallest absolute Gasteiger partial charge is 0.113 e. The van der Waals surface area contributed by atoms with Crippen molar-refractivity contribution >= 4 is 22.6 Å². The highest BCUT2D eigenvalue weighted by Crippen LogP contribution is 1.95. The van der Waals surface area contributed by atoms with Gasteiger partial charge < -0.3 is 0 Å². The lowest BCUT2D eigenvalue weighted by molar-refractivity contribution is 0.366. The molecule has 0 aromatic carbocycles. The maximum atomic E-state index is 3.08. The summed E-state index contributed by atoms with van der Waals surface area (Å²) in [5, 5.41) is 3.08. The van der Waals surface area contributed by atoms with Crippen molar-refractivity contribution in [3.63, 3.8) is 0 Å². The summed E-state index contributed by atoms with van der Waals surface area (Å²) in [5.41, 5.74) is 0. The summed E-state index contributed by atoms with van der Waals surface area (Å²) in [4.78, 5) is 2.10. The van der Waals surface area contributed by atoms with Crippen LogP contribution in [0.2, 0.25) is 0 Å². The van der Waals surface area contributed by atoms with Gasteiger partial charge in [-0.3, -0.25) is 10.2 Å². The lowest BCUT2D eigenvalue weighted by Gasteiger charge is -2.15. The van der Waals surface area contributed by atoms with Gasteiger partial charge in [0.2, 0.25) is 0 Å². The van der Waals surface area contributed by atoms with Crippen LogP contribution >= 0.6 is 22.6 Å². The first-order chi connectivity index (χ1) is 3.18. The molecule has 0 aliphatic rings. The summed E-state index contributed by atoms with van der Waals surface area (Å²) in [7, 11) is 6.01. The van der Waals surface area contributed by atoms with E-state index in [0.29, 0.717) is 4.17 Å². The zero-order valence-corrected chi connectivity index (χ0v) is 7.06. The Morgan fingerprint density at radius 1 is 1.57 bits per heavy atom. The fourth-order valence-electron chi connectivity index (χ4n) is 0.258. The topological polar surface area (TPSA) is 15.3 Å². The molecule has 2 nitrogen and oxygen atoms in total. The zero-order chi connectivity index (χ0) is 5.86. The summed E-state index contributed by atoms with van der Waals surface area (Å²) in [6, 6.07) is 0. The Hall–Kier alpha value is 0.650. The maximum absolute atomic E-state index is 3.08. The number of nitrogens with zero attached hydrogens (tertiary/aromatic N) is 1. The average molecular weight is 214 g/mol.